The normalized spacial score (nSPS) is 10.6. The second-order valence-electron chi connectivity index (χ2n) is 5.50. The molecule has 0 radical (unpaired) electrons. The van der Waals surface area contributed by atoms with Crippen LogP contribution in [0.15, 0.2) is 40.3 Å². The molecule has 0 aliphatic rings. The summed E-state index contributed by atoms with van der Waals surface area (Å²) in [6, 6.07) is 7.06. The summed E-state index contributed by atoms with van der Waals surface area (Å²) in [5.41, 5.74) is 1.83. The molecule has 1 aromatic carbocycles. The van der Waals surface area contributed by atoms with Gasteiger partial charge in [-0.2, -0.15) is 0 Å². The van der Waals surface area contributed by atoms with E-state index in [0.717, 1.165) is 5.56 Å². The molecule has 0 aliphatic carbocycles. The molecule has 2 heterocycles. The number of esters is 1. The Morgan fingerprint density at radius 2 is 1.96 bits per heavy atom. The molecule has 9 heteroatoms. The molecule has 1 amide bonds. The number of thiazole rings is 1. The van der Waals surface area contributed by atoms with Gasteiger partial charge in [0.05, 0.1) is 30.8 Å². The molecular weight excluding hydrogens is 390 g/mol. The lowest BCUT2D eigenvalue weighted by molar-refractivity contribution is -0.142. The molecule has 0 saturated heterocycles. The smallest absolute Gasteiger partial charge is 0.311 e. The Hall–Kier alpha value is -2.71. The summed E-state index contributed by atoms with van der Waals surface area (Å²) in [7, 11) is 0. The van der Waals surface area contributed by atoms with Crippen LogP contribution in [0, 0.1) is 0 Å². The molecule has 7 nitrogen and oxygen atoms in total. The number of halogens is 1. The molecule has 1 N–H and O–H groups in total. The van der Waals surface area contributed by atoms with Crippen molar-refractivity contribution in [3.63, 3.8) is 0 Å². The zero-order valence-electron chi connectivity index (χ0n) is 14.4. The third-order valence-electron chi connectivity index (χ3n) is 3.41. The van der Waals surface area contributed by atoms with Crippen molar-refractivity contribution in [3.8, 4) is 11.5 Å². The quantitative estimate of drug-likeness (QED) is 0.602. The Morgan fingerprint density at radius 1 is 1.19 bits per heavy atom. The molecule has 0 aliphatic heterocycles. The van der Waals surface area contributed by atoms with Crippen LogP contribution in [0.5, 0.6) is 0 Å². The maximum absolute atomic E-state index is 12.2. The van der Waals surface area contributed by atoms with E-state index in [2.05, 4.69) is 15.3 Å². The molecule has 3 aromatic rings. The van der Waals surface area contributed by atoms with E-state index >= 15 is 0 Å². The number of amides is 1. The van der Waals surface area contributed by atoms with Gasteiger partial charge in [0.2, 0.25) is 11.8 Å². The number of benzene rings is 1. The maximum Gasteiger partial charge on any atom is 0.311 e. The lowest BCUT2D eigenvalue weighted by Gasteiger charge is -1.99. The second kappa shape index (κ2) is 8.79. The number of carbonyl (C=O) groups excluding carboxylic acids is 2. The number of hydrogen-bond donors (Lipinski definition) is 1. The van der Waals surface area contributed by atoms with Crippen molar-refractivity contribution in [1.82, 2.24) is 9.97 Å². The highest BCUT2D eigenvalue weighted by Gasteiger charge is 2.13. The summed E-state index contributed by atoms with van der Waals surface area (Å²) >= 11 is 7.11. The van der Waals surface area contributed by atoms with Gasteiger partial charge in [-0.15, -0.1) is 11.3 Å². The Morgan fingerprint density at radius 3 is 2.70 bits per heavy atom. The molecule has 0 saturated carbocycles. The van der Waals surface area contributed by atoms with E-state index in [1.165, 1.54) is 17.6 Å². The van der Waals surface area contributed by atoms with Gasteiger partial charge >= 0.3 is 5.97 Å². The van der Waals surface area contributed by atoms with E-state index in [1.807, 2.05) is 0 Å². The molecule has 0 spiro atoms. The van der Waals surface area contributed by atoms with Gasteiger partial charge in [0, 0.05) is 16.0 Å². The van der Waals surface area contributed by atoms with Gasteiger partial charge < -0.3 is 14.5 Å². The van der Waals surface area contributed by atoms with Gasteiger partial charge in [-0.3, -0.25) is 9.59 Å². The van der Waals surface area contributed by atoms with E-state index in [1.54, 1.807) is 36.6 Å². The van der Waals surface area contributed by atoms with Crippen molar-refractivity contribution in [1.29, 1.82) is 0 Å². The molecule has 0 atom stereocenters. The monoisotopic (exact) mass is 405 g/mol. The molecule has 27 heavy (non-hydrogen) atoms. The van der Waals surface area contributed by atoms with Crippen LogP contribution in [0.2, 0.25) is 5.02 Å². The maximum atomic E-state index is 12.2. The van der Waals surface area contributed by atoms with Gasteiger partial charge in [0.1, 0.15) is 6.26 Å². The first-order valence-electron chi connectivity index (χ1n) is 8.13. The largest absolute Gasteiger partial charge is 0.466 e. The zero-order chi connectivity index (χ0) is 19.2. The van der Waals surface area contributed by atoms with Crippen molar-refractivity contribution in [3.05, 3.63) is 52.3 Å². The standard InChI is InChI=1S/C18H16ClN3O4S/c1-2-25-16(24)8-14-10-27-18(21-14)22-15(23)7-13-9-26-17(20-13)11-3-5-12(19)6-4-11/h3-6,9-10H,2,7-8H2,1H3,(H,21,22,23). The summed E-state index contributed by atoms with van der Waals surface area (Å²) in [5, 5.41) is 5.44. The molecule has 140 valence electrons. The van der Waals surface area contributed by atoms with Crippen LogP contribution in [0.1, 0.15) is 18.3 Å². The average molecular weight is 406 g/mol. The zero-order valence-corrected chi connectivity index (χ0v) is 16.0. The number of hydrogen-bond acceptors (Lipinski definition) is 7. The lowest BCUT2D eigenvalue weighted by Crippen LogP contribution is -2.14. The fourth-order valence-corrected chi connectivity index (χ4v) is 3.10. The van der Waals surface area contributed by atoms with Crippen molar-refractivity contribution in [2.75, 3.05) is 11.9 Å². The number of nitrogens with one attached hydrogen (secondary N) is 1. The van der Waals surface area contributed by atoms with Crippen molar-refractivity contribution in [2.45, 2.75) is 19.8 Å². The van der Waals surface area contributed by atoms with E-state index < -0.39 is 0 Å². The summed E-state index contributed by atoms with van der Waals surface area (Å²) in [4.78, 5) is 32.1. The van der Waals surface area contributed by atoms with Gasteiger partial charge in [-0.05, 0) is 31.2 Å². The number of aromatic nitrogens is 2. The minimum absolute atomic E-state index is 0.0455. The fourth-order valence-electron chi connectivity index (χ4n) is 2.25. The van der Waals surface area contributed by atoms with Crippen LogP contribution in [-0.2, 0) is 27.2 Å². The van der Waals surface area contributed by atoms with Crippen LogP contribution >= 0.6 is 22.9 Å². The van der Waals surface area contributed by atoms with Crippen molar-refractivity contribution in [2.24, 2.45) is 0 Å². The Bertz CT molecular complexity index is 936. The number of anilines is 1. The summed E-state index contributed by atoms with van der Waals surface area (Å²) in [6.45, 7) is 2.06. The summed E-state index contributed by atoms with van der Waals surface area (Å²) < 4.78 is 10.3. The highest BCUT2D eigenvalue weighted by Crippen LogP contribution is 2.21. The van der Waals surface area contributed by atoms with Crippen molar-refractivity contribution < 1.29 is 18.7 Å². The van der Waals surface area contributed by atoms with E-state index in [-0.39, 0.29) is 24.7 Å². The highest BCUT2D eigenvalue weighted by atomic mass is 35.5. The van der Waals surface area contributed by atoms with Gasteiger partial charge in [0.25, 0.3) is 0 Å². The molecule has 0 fully saturated rings. The predicted octanol–water partition coefficient (Wildman–Crippen LogP) is 3.74. The lowest BCUT2D eigenvalue weighted by atomic mass is 10.2. The third-order valence-corrected chi connectivity index (χ3v) is 4.47. The Labute approximate surface area is 164 Å². The first-order chi connectivity index (χ1) is 13.0. The average Bonchev–Trinajstić information content (AvgIpc) is 3.25. The minimum atomic E-state index is -0.349. The number of nitrogens with zero attached hydrogens (tertiary/aromatic N) is 2. The molecule has 0 unspecified atom stereocenters. The number of ether oxygens (including phenoxy) is 1. The van der Waals surface area contributed by atoms with Gasteiger partial charge in [-0.25, -0.2) is 9.97 Å². The van der Waals surface area contributed by atoms with Crippen LogP contribution in [0.3, 0.4) is 0 Å². The Kier molecular flexibility index (Phi) is 6.20. The second-order valence-corrected chi connectivity index (χ2v) is 6.80. The molecule has 0 bridgehead atoms. The molecule has 3 rings (SSSR count). The fraction of sp³-hybridized carbons (Fsp3) is 0.222. The SMILES string of the molecule is CCOC(=O)Cc1csc(NC(=O)Cc2coc(-c3ccc(Cl)cc3)n2)n1. The molecule has 2 aromatic heterocycles. The van der Waals surface area contributed by atoms with E-state index in [9.17, 15) is 9.59 Å². The van der Waals surface area contributed by atoms with E-state index in [0.29, 0.717) is 34.0 Å². The van der Waals surface area contributed by atoms with Crippen LogP contribution in [0.25, 0.3) is 11.5 Å². The predicted molar refractivity (Wildman–Crippen MR) is 102 cm³/mol. The topological polar surface area (TPSA) is 94.3 Å². The minimum Gasteiger partial charge on any atom is -0.466 e. The number of carbonyl (C=O) groups is 2. The van der Waals surface area contributed by atoms with Crippen LogP contribution < -0.4 is 5.32 Å². The first-order valence-corrected chi connectivity index (χ1v) is 9.39. The molecular formula is C18H16ClN3O4S. The number of oxazole rings is 1. The van der Waals surface area contributed by atoms with Crippen molar-refractivity contribution >= 4 is 39.9 Å². The van der Waals surface area contributed by atoms with Gasteiger partial charge in [0.15, 0.2) is 5.13 Å². The van der Waals surface area contributed by atoms with E-state index in [4.69, 9.17) is 20.8 Å². The summed E-state index contributed by atoms with van der Waals surface area (Å²) in [6.07, 6.45) is 1.56. The Balaban J connectivity index is 1.56. The number of rotatable bonds is 7. The van der Waals surface area contributed by atoms with Crippen LogP contribution in [-0.4, -0.2) is 28.5 Å². The third kappa shape index (κ3) is 5.38. The first kappa shape index (κ1) is 19.1. The summed E-state index contributed by atoms with van der Waals surface area (Å²) in [5.74, 6) is -0.207. The van der Waals surface area contributed by atoms with Gasteiger partial charge in [-0.1, -0.05) is 11.6 Å². The highest BCUT2D eigenvalue weighted by molar-refractivity contribution is 7.13. The van der Waals surface area contributed by atoms with Crippen LogP contribution in [0.4, 0.5) is 5.13 Å².